The van der Waals surface area contributed by atoms with E-state index in [4.69, 9.17) is 9.47 Å². The summed E-state index contributed by atoms with van der Waals surface area (Å²) in [5, 5.41) is 9.19. The highest BCUT2D eigenvalue weighted by Gasteiger charge is 2.12. The molecule has 0 radical (unpaired) electrons. The van der Waals surface area contributed by atoms with E-state index in [1.807, 2.05) is 12.1 Å². The number of benzene rings is 2. The van der Waals surface area contributed by atoms with Gasteiger partial charge in [0.15, 0.2) is 11.5 Å². The Labute approximate surface area is 125 Å². The minimum absolute atomic E-state index is 0.162. The number of carbonyl (C=O) groups is 1. The monoisotopic (exact) mass is 336 g/mol. The second-order valence-electron chi connectivity index (χ2n) is 4.05. The zero-order valence-electron chi connectivity index (χ0n) is 10.8. The summed E-state index contributed by atoms with van der Waals surface area (Å²) in [6, 6.07) is 12.3. The molecule has 0 aliphatic carbocycles. The molecule has 0 spiro atoms. The summed E-state index contributed by atoms with van der Waals surface area (Å²) >= 11 is 3.26. The number of aromatic carboxylic acids is 1. The van der Waals surface area contributed by atoms with Crippen LogP contribution in [0.15, 0.2) is 46.9 Å². The van der Waals surface area contributed by atoms with Crippen LogP contribution in [0.4, 0.5) is 0 Å². The number of methoxy groups -OCH3 is 1. The molecule has 0 aromatic heterocycles. The van der Waals surface area contributed by atoms with Gasteiger partial charge in [0, 0.05) is 10.0 Å². The highest BCUT2D eigenvalue weighted by molar-refractivity contribution is 9.10. The fourth-order valence-electron chi connectivity index (χ4n) is 1.77. The number of carboxylic acids is 1. The number of carboxylic acid groups (broad SMARTS) is 1. The van der Waals surface area contributed by atoms with E-state index >= 15 is 0 Å². The Balaban J connectivity index is 2.21. The zero-order valence-corrected chi connectivity index (χ0v) is 12.4. The molecule has 104 valence electrons. The number of hydrogen-bond acceptors (Lipinski definition) is 3. The Hall–Kier alpha value is -2.01. The van der Waals surface area contributed by atoms with Gasteiger partial charge in [-0.2, -0.15) is 0 Å². The van der Waals surface area contributed by atoms with E-state index in [1.165, 1.54) is 0 Å². The Kier molecular flexibility index (Phi) is 4.63. The normalized spacial score (nSPS) is 10.1. The highest BCUT2D eigenvalue weighted by Crippen LogP contribution is 2.27. The van der Waals surface area contributed by atoms with Gasteiger partial charge in [-0.25, -0.2) is 4.79 Å². The topological polar surface area (TPSA) is 55.8 Å². The molecule has 2 aromatic rings. The predicted octanol–water partition coefficient (Wildman–Crippen LogP) is 3.73. The molecule has 0 heterocycles. The third kappa shape index (κ3) is 3.30. The van der Waals surface area contributed by atoms with Gasteiger partial charge in [-0.05, 0) is 24.3 Å². The van der Waals surface area contributed by atoms with Crippen LogP contribution >= 0.6 is 15.9 Å². The maximum absolute atomic E-state index is 11.2. The van der Waals surface area contributed by atoms with E-state index in [1.54, 1.807) is 37.4 Å². The van der Waals surface area contributed by atoms with Crippen LogP contribution in [0.2, 0.25) is 0 Å². The third-order valence-corrected chi connectivity index (χ3v) is 3.25. The molecule has 1 N–H and O–H groups in total. The average molecular weight is 337 g/mol. The van der Waals surface area contributed by atoms with Crippen LogP contribution in [0.5, 0.6) is 11.5 Å². The summed E-state index contributed by atoms with van der Waals surface area (Å²) in [6.07, 6.45) is 0. The van der Waals surface area contributed by atoms with Gasteiger partial charge in [-0.3, -0.25) is 0 Å². The van der Waals surface area contributed by atoms with Crippen LogP contribution < -0.4 is 9.47 Å². The van der Waals surface area contributed by atoms with Crippen molar-refractivity contribution in [3.8, 4) is 11.5 Å². The second kappa shape index (κ2) is 6.43. The first-order valence-corrected chi connectivity index (χ1v) is 6.68. The van der Waals surface area contributed by atoms with Crippen molar-refractivity contribution in [3.63, 3.8) is 0 Å². The lowest BCUT2D eigenvalue weighted by Gasteiger charge is -2.12. The Bertz CT molecular complexity index is 625. The molecule has 2 rings (SSSR count). The summed E-state index contributed by atoms with van der Waals surface area (Å²) in [5.41, 5.74) is 0.820. The molecular formula is C15H13BrO4. The van der Waals surface area contributed by atoms with Crippen molar-refractivity contribution < 1.29 is 19.4 Å². The first kappa shape index (κ1) is 14.4. The first-order chi connectivity index (χ1) is 9.61. The molecule has 0 atom stereocenters. The van der Waals surface area contributed by atoms with E-state index in [-0.39, 0.29) is 12.2 Å². The van der Waals surface area contributed by atoms with Crippen LogP contribution in [0, 0.1) is 0 Å². The first-order valence-electron chi connectivity index (χ1n) is 5.89. The lowest BCUT2D eigenvalue weighted by Crippen LogP contribution is -2.06. The third-order valence-electron chi connectivity index (χ3n) is 2.75. The van der Waals surface area contributed by atoms with Crippen molar-refractivity contribution >= 4 is 21.9 Å². The zero-order chi connectivity index (χ0) is 14.5. The molecular weight excluding hydrogens is 324 g/mol. The molecule has 0 bridgehead atoms. The summed E-state index contributed by atoms with van der Waals surface area (Å²) in [7, 11) is 1.56. The molecule has 20 heavy (non-hydrogen) atoms. The van der Waals surface area contributed by atoms with Gasteiger partial charge >= 0.3 is 5.97 Å². The second-order valence-corrected chi connectivity index (χ2v) is 4.96. The summed E-state index contributed by atoms with van der Waals surface area (Å²) in [6.45, 7) is 0.162. The smallest absolute Gasteiger partial charge is 0.336 e. The van der Waals surface area contributed by atoms with Crippen molar-refractivity contribution in [3.05, 3.63) is 58.1 Å². The molecule has 4 nitrogen and oxygen atoms in total. The number of rotatable bonds is 5. The van der Waals surface area contributed by atoms with Crippen molar-refractivity contribution in [2.24, 2.45) is 0 Å². The van der Waals surface area contributed by atoms with Crippen LogP contribution in [-0.2, 0) is 6.61 Å². The van der Waals surface area contributed by atoms with E-state index in [0.717, 1.165) is 4.47 Å². The molecule has 0 unspecified atom stereocenters. The molecule has 2 aromatic carbocycles. The lowest BCUT2D eigenvalue weighted by molar-refractivity contribution is 0.0694. The van der Waals surface area contributed by atoms with E-state index in [9.17, 15) is 9.90 Å². The average Bonchev–Trinajstić information content (AvgIpc) is 2.46. The number of ether oxygens (including phenoxy) is 2. The van der Waals surface area contributed by atoms with Gasteiger partial charge in [0.05, 0.1) is 12.7 Å². The maximum atomic E-state index is 11.2. The Morgan fingerprint density at radius 2 is 1.90 bits per heavy atom. The fraction of sp³-hybridized carbons (Fsp3) is 0.133. The number of para-hydroxylation sites is 2. The minimum Gasteiger partial charge on any atom is -0.493 e. The van der Waals surface area contributed by atoms with Crippen LogP contribution in [0.25, 0.3) is 0 Å². The number of hydrogen-bond donors (Lipinski definition) is 1. The lowest BCUT2D eigenvalue weighted by atomic mass is 10.1. The molecule has 5 heteroatoms. The molecule has 0 amide bonds. The largest absolute Gasteiger partial charge is 0.493 e. The van der Waals surface area contributed by atoms with Gasteiger partial charge in [-0.1, -0.05) is 34.1 Å². The fourth-order valence-corrected chi connectivity index (χ4v) is 2.13. The SMILES string of the molecule is COc1ccccc1OCc1ccc(Br)cc1C(=O)O. The van der Waals surface area contributed by atoms with Crippen molar-refractivity contribution in [2.45, 2.75) is 6.61 Å². The Morgan fingerprint density at radius 1 is 1.20 bits per heavy atom. The quantitative estimate of drug-likeness (QED) is 0.903. The van der Waals surface area contributed by atoms with Crippen molar-refractivity contribution in [1.82, 2.24) is 0 Å². The van der Waals surface area contributed by atoms with Gasteiger partial charge in [0.2, 0.25) is 0 Å². The van der Waals surface area contributed by atoms with Crippen LogP contribution in [0.3, 0.4) is 0 Å². The predicted molar refractivity (Wildman–Crippen MR) is 78.4 cm³/mol. The molecule has 0 aliphatic heterocycles. The summed E-state index contributed by atoms with van der Waals surface area (Å²) < 4.78 is 11.5. The molecule has 0 saturated heterocycles. The van der Waals surface area contributed by atoms with E-state index in [2.05, 4.69) is 15.9 Å². The van der Waals surface area contributed by atoms with Crippen molar-refractivity contribution in [1.29, 1.82) is 0 Å². The minimum atomic E-state index is -0.982. The summed E-state index contributed by atoms with van der Waals surface area (Å²) in [4.78, 5) is 11.2. The standard InChI is InChI=1S/C15H13BrO4/c1-19-13-4-2-3-5-14(13)20-9-10-6-7-11(16)8-12(10)15(17)18/h2-8H,9H2,1H3,(H,17,18). The highest BCUT2D eigenvalue weighted by atomic mass is 79.9. The Morgan fingerprint density at radius 3 is 2.55 bits per heavy atom. The van der Waals surface area contributed by atoms with Crippen LogP contribution in [-0.4, -0.2) is 18.2 Å². The van der Waals surface area contributed by atoms with E-state index in [0.29, 0.717) is 17.1 Å². The molecule has 0 fully saturated rings. The van der Waals surface area contributed by atoms with Gasteiger partial charge < -0.3 is 14.6 Å². The molecule has 0 saturated carbocycles. The van der Waals surface area contributed by atoms with Gasteiger partial charge in [0.1, 0.15) is 6.61 Å². The maximum Gasteiger partial charge on any atom is 0.336 e. The van der Waals surface area contributed by atoms with Gasteiger partial charge in [0.25, 0.3) is 0 Å². The van der Waals surface area contributed by atoms with Gasteiger partial charge in [-0.15, -0.1) is 0 Å². The number of halogens is 1. The van der Waals surface area contributed by atoms with E-state index < -0.39 is 5.97 Å². The summed E-state index contributed by atoms with van der Waals surface area (Å²) in [5.74, 6) is 0.209. The molecule has 0 aliphatic rings. The van der Waals surface area contributed by atoms with Crippen molar-refractivity contribution in [2.75, 3.05) is 7.11 Å². The van der Waals surface area contributed by atoms with Crippen LogP contribution in [0.1, 0.15) is 15.9 Å².